The predicted octanol–water partition coefficient (Wildman–Crippen LogP) is 3.00. The average Bonchev–Trinajstić information content (AvgIpc) is 3.08. The van der Waals surface area contributed by atoms with Gasteiger partial charge in [-0.2, -0.15) is 5.10 Å². The Morgan fingerprint density at radius 3 is 2.57 bits per heavy atom. The molecule has 1 aromatic carbocycles. The summed E-state index contributed by atoms with van der Waals surface area (Å²) in [4.78, 5) is 23.0. The maximum absolute atomic E-state index is 11.8. The molecule has 1 aromatic heterocycles. The van der Waals surface area contributed by atoms with Gasteiger partial charge >= 0.3 is 6.09 Å². The molecule has 2 aromatic rings. The highest BCUT2D eigenvalue weighted by molar-refractivity contribution is 6.03. The molecule has 0 radical (unpaired) electrons. The van der Waals surface area contributed by atoms with Crippen molar-refractivity contribution in [2.75, 3.05) is 11.9 Å². The number of rotatable bonds is 5. The highest BCUT2D eigenvalue weighted by atomic mass is 16.5. The fourth-order valence-corrected chi connectivity index (χ4v) is 1.75. The van der Waals surface area contributed by atoms with Crippen molar-refractivity contribution in [1.29, 1.82) is 0 Å². The number of furan rings is 1. The van der Waals surface area contributed by atoms with Crippen LogP contribution in [0.15, 0.2) is 52.2 Å². The van der Waals surface area contributed by atoms with Crippen molar-refractivity contribution in [2.45, 2.75) is 13.8 Å². The summed E-state index contributed by atoms with van der Waals surface area (Å²) < 4.78 is 9.73. The molecule has 0 unspecified atom stereocenters. The molecule has 7 heteroatoms. The summed E-state index contributed by atoms with van der Waals surface area (Å²) in [6.45, 7) is 3.75. The predicted molar refractivity (Wildman–Crippen MR) is 85.5 cm³/mol. The molecule has 2 rings (SSSR count). The van der Waals surface area contributed by atoms with Crippen LogP contribution in [0.25, 0.3) is 0 Å². The quantitative estimate of drug-likeness (QED) is 0.655. The Balaban J connectivity index is 1.97. The first-order valence-electron chi connectivity index (χ1n) is 7.02. The van der Waals surface area contributed by atoms with E-state index in [0.717, 1.165) is 5.56 Å². The van der Waals surface area contributed by atoms with E-state index in [9.17, 15) is 9.59 Å². The summed E-state index contributed by atoms with van der Waals surface area (Å²) in [6, 6.07) is 10.3. The summed E-state index contributed by atoms with van der Waals surface area (Å²) in [5, 5.41) is 6.65. The molecule has 0 aliphatic heterocycles. The van der Waals surface area contributed by atoms with Gasteiger partial charge in [-0.05, 0) is 43.7 Å². The number of nitrogens with one attached hydrogen (secondary N) is 2. The van der Waals surface area contributed by atoms with Crippen molar-refractivity contribution < 1.29 is 18.7 Å². The van der Waals surface area contributed by atoms with Gasteiger partial charge in [-0.1, -0.05) is 12.1 Å². The fourth-order valence-electron chi connectivity index (χ4n) is 1.75. The fraction of sp³-hybridized carbons (Fsp3) is 0.188. The minimum atomic E-state index is -0.603. The van der Waals surface area contributed by atoms with Crippen LogP contribution in [0.1, 0.15) is 30.0 Å². The number of anilines is 1. The zero-order valence-corrected chi connectivity index (χ0v) is 12.8. The average molecular weight is 315 g/mol. The molecule has 7 nitrogen and oxygen atoms in total. The second kappa shape index (κ2) is 7.79. The topological polar surface area (TPSA) is 92.9 Å². The lowest BCUT2D eigenvalue weighted by atomic mass is 10.1. The second-order valence-electron chi connectivity index (χ2n) is 4.54. The standard InChI is InChI=1S/C16H17N3O4/c1-3-22-16(21)19-18-11(2)12-6-8-13(9-7-12)17-15(20)14-5-4-10-23-14/h4-10H,3H2,1-2H3,(H,17,20)(H,19,21)/b18-11-. The zero-order chi connectivity index (χ0) is 16.7. The minimum absolute atomic E-state index is 0.241. The van der Waals surface area contributed by atoms with Crippen LogP contribution in [-0.4, -0.2) is 24.3 Å². The van der Waals surface area contributed by atoms with Crippen LogP contribution in [0.2, 0.25) is 0 Å². The Kier molecular flexibility index (Phi) is 5.51. The molecule has 0 bridgehead atoms. The number of hydrazone groups is 1. The van der Waals surface area contributed by atoms with E-state index in [1.165, 1.54) is 6.26 Å². The molecule has 23 heavy (non-hydrogen) atoms. The summed E-state index contributed by atoms with van der Waals surface area (Å²) in [7, 11) is 0. The van der Waals surface area contributed by atoms with Crippen molar-refractivity contribution >= 4 is 23.4 Å². The number of ether oxygens (including phenoxy) is 1. The summed E-state index contributed by atoms with van der Waals surface area (Å²) in [5.41, 5.74) is 4.33. The Bertz CT molecular complexity index is 691. The van der Waals surface area contributed by atoms with Crippen LogP contribution in [-0.2, 0) is 4.74 Å². The first-order valence-corrected chi connectivity index (χ1v) is 7.02. The molecule has 0 spiro atoms. The smallest absolute Gasteiger partial charge is 0.427 e. The van der Waals surface area contributed by atoms with Gasteiger partial charge in [-0.3, -0.25) is 4.79 Å². The van der Waals surface area contributed by atoms with E-state index < -0.39 is 6.09 Å². The Morgan fingerprint density at radius 2 is 1.96 bits per heavy atom. The van der Waals surface area contributed by atoms with Gasteiger partial charge < -0.3 is 14.5 Å². The third-order valence-electron chi connectivity index (χ3n) is 2.90. The van der Waals surface area contributed by atoms with Gasteiger partial charge in [0.15, 0.2) is 5.76 Å². The van der Waals surface area contributed by atoms with Gasteiger partial charge in [-0.25, -0.2) is 10.2 Å². The number of hydrogen-bond acceptors (Lipinski definition) is 5. The van der Waals surface area contributed by atoms with Gasteiger partial charge in [-0.15, -0.1) is 0 Å². The highest BCUT2D eigenvalue weighted by Gasteiger charge is 2.08. The van der Waals surface area contributed by atoms with E-state index in [1.807, 2.05) is 0 Å². The summed E-state index contributed by atoms with van der Waals surface area (Å²) in [6.07, 6.45) is 0.836. The van der Waals surface area contributed by atoms with Gasteiger partial charge in [0.05, 0.1) is 18.6 Å². The third kappa shape index (κ3) is 4.70. The first-order chi connectivity index (χ1) is 11.1. The Morgan fingerprint density at radius 1 is 1.22 bits per heavy atom. The second-order valence-corrected chi connectivity index (χ2v) is 4.54. The van der Waals surface area contributed by atoms with Gasteiger partial charge in [0.25, 0.3) is 5.91 Å². The molecule has 0 fully saturated rings. The van der Waals surface area contributed by atoms with Gasteiger partial charge in [0.1, 0.15) is 0 Å². The van der Waals surface area contributed by atoms with E-state index in [0.29, 0.717) is 11.4 Å². The molecule has 0 aliphatic rings. The largest absolute Gasteiger partial charge is 0.459 e. The summed E-state index contributed by atoms with van der Waals surface area (Å²) >= 11 is 0. The first kappa shape index (κ1) is 16.3. The van der Waals surface area contributed by atoms with Crippen LogP contribution < -0.4 is 10.7 Å². The van der Waals surface area contributed by atoms with Crippen LogP contribution in [0.4, 0.5) is 10.5 Å². The highest BCUT2D eigenvalue weighted by Crippen LogP contribution is 2.12. The molecule has 0 atom stereocenters. The third-order valence-corrected chi connectivity index (χ3v) is 2.90. The molecule has 1 heterocycles. The molecule has 0 saturated carbocycles. The normalized spacial score (nSPS) is 11.0. The Hall–Kier alpha value is -3.09. The molecular formula is C16H17N3O4. The van der Waals surface area contributed by atoms with Crippen LogP contribution in [0.5, 0.6) is 0 Å². The van der Waals surface area contributed by atoms with Gasteiger partial charge in [0, 0.05) is 5.69 Å². The molecule has 2 amide bonds. The maximum atomic E-state index is 11.8. The summed E-state index contributed by atoms with van der Waals surface area (Å²) in [5.74, 6) is -0.0810. The van der Waals surface area contributed by atoms with Crippen molar-refractivity contribution in [3.8, 4) is 0 Å². The number of carbonyl (C=O) groups is 2. The maximum Gasteiger partial charge on any atom is 0.427 e. The number of hydrogen-bond donors (Lipinski definition) is 2. The van der Waals surface area contributed by atoms with Crippen molar-refractivity contribution in [1.82, 2.24) is 5.43 Å². The number of benzene rings is 1. The van der Waals surface area contributed by atoms with Gasteiger partial charge in [0.2, 0.25) is 0 Å². The lowest BCUT2D eigenvalue weighted by Gasteiger charge is -2.06. The van der Waals surface area contributed by atoms with E-state index in [2.05, 4.69) is 15.8 Å². The lowest BCUT2D eigenvalue weighted by molar-refractivity contribution is 0.0996. The number of amides is 2. The number of carbonyl (C=O) groups excluding carboxylic acids is 2. The molecule has 0 aliphatic carbocycles. The monoisotopic (exact) mass is 315 g/mol. The Labute approximate surface area is 133 Å². The van der Waals surface area contributed by atoms with Crippen LogP contribution >= 0.6 is 0 Å². The van der Waals surface area contributed by atoms with Crippen molar-refractivity contribution in [2.24, 2.45) is 5.10 Å². The minimum Gasteiger partial charge on any atom is -0.459 e. The molecular weight excluding hydrogens is 298 g/mol. The van der Waals surface area contributed by atoms with E-state index in [1.54, 1.807) is 50.2 Å². The molecule has 2 N–H and O–H groups in total. The van der Waals surface area contributed by atoms with Crippen LogP contribution in [0.3, 0.4) is 0 Å². The van der Waals surface area contributed by atoms with Crippen molar-refractivity contribution in [3.05, 3.63) is 54.0 Å². The molecule has 120 valence electrons. The number of nitrogens with zero attached hydrogens (tertiary/aromatic N) is 1. The molecule has 0 saturated heterocycles. The lowest BCUT2D eigenvalue weighted by Crippen LogP contribution is -2.20. The van der Waals surface area contributed by atoms with E-state index >= 15 is 0 Å². The van der Waals surface area contributed by atoms with Crippen molar-refractivity contribution in [3.63, 3.8) is 0 Å². The SMILES string of the molecule is CCOC(=O)N/N=C(/C)c1ccc(NC(=O)c2ccco2)cc1. The van der Waals surface area contributed by atoms with Crippen LogP contribution in [0, 0.1) is 0 Å². The van der Waals surface area contributed by atoms with E-state index in [4.69, 9.17) is 9.15 Å². The zero-order valence-electron chi connectivity index (χ0n) is 12.8. The van der Waals surface area contributed by atoms with E-state index in [-0.39, 0.29) is 18.3 Å².